The quantitative estimate of drug-likeness (QED) is 0.762. The van der Waals surface area contributed by atoms with E-state index in [0.717, 1.165) is 12.1 Å². The zero-order valence-corrected chi connectivity index (χ0v) is 12.3. The summed E-state index contributed by atoms with van der Waals surface area (Å²) in [4.78, 5) is 2.33. The SMILES string of the molecule is CCN(c1cccc(CN)c1)c1cccc2ccccc12. The maximum Gasteiger partial charge on any atom is 0.0490 e. The van der Waals surface area contributed by atoms with Crippen LogP contribution in [0.2, 0.25) is 0 Å². The van der Waals surface area contributed by atoms with Gasteiger partial charge in [-0.15, -0.1) is 0 Å². The van der Waals surface area contributed by atoms with Gasteiger partial charge in [0.05, 0.1) is 0 Å². The van der Waals surface area contributed by atoms with E-state index in [-0.39, 0.29) is 0 Å². The minimum absolute atomic E-state index is 0.570. The third-order valence-electron chi connectivity index (χ3n) is 3.83. The van der Waals surface area contributed by atoms with Gasteiger partial charge in [-0.25, -0.2) is 0 Å². The molecular weight excluding hydrogens is 256 g/mol. The molecule has 0 aliphatic heterocycles. The van der Waals surface area contributed by atoms with E-state index in [9.17, 15) is 0 Å². The van der Waals surface area contributed by atoms with Crippen LogP contribution in [0.1, 0.15) is 12.5 Å². The summed E-state index contributed by atoms with van der Waals surface area (Å²) in [6, 6.07) is 23.4. The van der Waals surface area contributed by atoms with Crippen LogP contribution in [0.25, 0.3) is 10.8 Å². The second kappa shape index (κ2) is 5.98. The molecule has 0 unspecified atom stereocenters. The van der Waals surface area contributed by atoms with Crippen molar-refractivity contribution < 1.29 is 0 Å². The summed E-state index contributed by atoms with van der Waals surface area (Å²) in [6.07, 6.45) is 0. The predicted molar refractivity (Wildman–Crippen MR) is 91.0 cm³/mol. The number of hydrogen-bond donors (Lipinski definition) is 1. The molecule has 2 heteroatoms. The van der Waals surface area contributed by atoms with E-state index in [1.807, 2.05) is 0 Å². The summed E-state index contributed by atoms with van der Waals surface area (Å²) in [6.45, 7) is 3.67. The zero-order chi connectivity index (χ0) is 14.7. The van der Waals surface area contributed by atoms with Crippen molar-refractivity contribution in [3.05, 3.63) is 72.3 Å². The largest absolute Gasteiger partial charge is 0.341 e. The van der Waals surface area contributed by atoms with Gasteiger partial charge in [0, 0.05) is 29.9 Å². The average Bonchev–Trinajstić information content (AvgIpc) is 2.56. The summed E-state index contributed by atoms with van der Waals surface area (Å²) < 4.78 is 0. The van der Waals surface area contributed by atoms with Gasteiger partial charge in [-0.1, -0.05) is 48.5 Å². The van der Waals surface area contributed by atoms with Crippen LogP contribution in [-0.4, -0.2) is 6.54 Å². The normalized spacial score (nSPS) is 10.8. The summed E-state index contributed by atoms with van der Waals surface area (Å²) in [5, 5.41) is 2.54. The number of anilines is 2. The molecule has 0 fully saturated rings. The Morgan fingerprint density at radius 2 is 1.67 bits per heavy atom. The van der Waals surface area contributed by atoms with Crippen LogP contribution in [0.3, 0.4) is 0 Å². The molecular formula is C19H20N2. The molecule has 2 nitrogen and oxygen atoms in total. The lowest BCUT2D eigenvalue weighted by molar-refractivity contribution is 1.01. The third-order valence-corrected chi connectivity index (χ3v) is 3.83. The van der Waals surface area contributed by atoms with Gasteiger partial charge in [0.15, 0.2) is 0 Å². The maximum absolute atomic E-state index is 5.77. The van der Waals surface area contributed by atoms with Crippen molar-refractivity contribution in [3.63, 3.8) is 0 Å². The average molecular weight is 276 g/mol. The molecule has 0 heterocycles. The van der Waals surface area contributed by atoms with Crippen molar-refractivity contribution in [3.8, 4) is 0 Å². The number of rotatable bonds is 4. The first-order valence-corrected chi connectivity index (χ1v) is 7.38. The second-order valence-electron chi connectivity index (χ2n) is 5.12. The van der Waals surface area contributed by atoms with Crippen molar-refractivity contribution in [2.24, 2.45) is 5.73 Å². The smallest absolute Gasteiger partial charge is 0.0490 e. The molecule has 0 radical (unpaired) electrons. The van der Waals surface area contributed by atoms with Crippen molar-refractivity contribution in [2.75, 3.05) is 11.4 Å². The number of fused-ring (bicyclic) bond motifs is 1. The molecule has 3 aromatic carbocycles. The highest BCUT2D eigenvalue weighted by Crippen LogP contribution is 2.32. The van der Waals surface area contributed by atoms with Crippen LogP contribution in [0.5, 0.6) is 0 Å². The summed E-state index contributed by atoms with van der Waals surface area (Å²) in [5.41, 5.74) is 9.36. The predicted octanol–water partition coefficient (Wildman–Crippen LogP) is 4.46. The standard InChI is InChI=1S/C19H20N2/c1-2-21(17-10-5-7-15(13-17)14-20)19-12-6-9-16-8-3-4-11-18(16)19/h3-13H,2,14,20H2,1H3. The van der Waals surface area contributed by atoms with Crippen LogP contribution >= 0.6 is 0 Å². The topological polar surface area (TPSA) is 29.3 Å². The van der Waals surface area contributed by atoms with Crippen molar-refractivity contribution in [1.29, 1.82) is 0 Å². The summed E-state index contributed by atoms with van der Waals surface area (Å²) >= 11 is 0. The Hall–Kier alpha value is -2.32. The molecule has 2 N–H and O–H groups in total. The van der Waals surface area contributed by atoms with Gasteiger partial charge >= 0.3 is 0 Å². The molecule has 0 bridgehead atoms. The Labute approximate surface area is 125 Å². The van der Waals surface area contributed by atoms with Gasteiger partial charge in [0.1, 0.15) is 0 Å². The van der Waals surface area contributed by atoms with E-state index in [4.69, 9.17) is 5.73 Å². The first-order chi connectivity index (χ1) is 10.3. The van der Waals surface area contributed by atoms with Crippen LogP contribution in [0.15, 0.2) is 66.7 Å². The number of nitrogens with two attached hydrogens (primary N) is 1. The highest BCUT2D eigenvalue weighted by atomic mass is 15.1. The van der Waals surface area contributed by atoms with E-state index in [1.54, 1.807) is 0 Å². The monoisotopic (exact) mass is 276 g/mol. The van der Waals surface area contributed by atoms with E-state index in [2.05, 4.69) is 78.6 Å². The van der Waals surface area contributed by atoms with Crippen molar-refractivity contribution in [1.82, 2.24) is 0 Å². The molecule has 0 saturated carbocycles. The highest BCUT2D eigenvalue weighted by molar-refractivity contribution is 5.96. The number of benzene rings is 3. The van der Waals surface area contributed by atoms with Gasteiger partial charge in [0.25, 0.3) is 0 Å². The number of nitrogens with zero attached hydrogens (tertiary/aromatic N) is 1. The van der Waals surface area contributed by atoms with Crippen LogP contribution in [-0.2, 0) is 6.54 Å². The van der Waals surface area contributed by atoms with Gasteiger partial charge in [-0.3, -0.25) is 0 Å². The molecule has 3 aromatic rings. The first kappa shape index (κ1) is 13.7. The molecule has 0 aliphatic rings. The lowest BCUT2D eigenvalue weighted by Gasteiger charge is -2.25. The minimum Gasteiger partial charge on any atom is -0.341 e. The molecule has 21 heavy (non-hydrogen) atoms. The molecule has 0 aromatic heterocycles. The molecule has 0 spiro atoms. The van der Waals surface area contributed by atoms with Crippen LogP contribution in [0, 0.1) is 0 Å². The fraction of sp³-hybridized carbons (Fsp3) is 0.158. The Kier molecular flexibility index (Phi) is 3.89. The Morgan fingerprint density at radius 3 is 2.48 bits per heavy atom. The molecule has 0 amide bonds. The Morgan fingerprint density at radius 1 is 0.905 bits per heavy atom. The van der Waals surface area contributed by atoms with Crippen LogP contribution < -0.4 is 10.6 Å². The molecule has 3 rings (SSSR count). The van der Waals surface area contributed by atoms with Gasteiger partial charge in [-0.05, 0) is 36.1 Å². The summed E-state index contributed by atoms with van der Waals surface area (Å²) in [5.74, 6) is 0. The number of hydrogen-bond acceptors (Lipinski definition) is 2. The van der Waals surface area contributed by atoms with E-state index in [0.29, 0.717) is 6.54 Å². The van der Waals surface area contributed by atoms with E-state index >= 15 is 0 Å². The van der Waals surface area contributed by atoms with Gasteiger partial charge in [-0.2, -0.15) is 0 Å². The first-order valence-electron chi connectivity index (χ1n) is 7.38. The third kappa shape index (κ3) is 2.63. The zero-order valence-electron chi connectivity index (χ0n) is 12.3. The molecule has 106 valence electrons. The van der Waals surface area contributed by atoms with Crippen molar-refractivity contribution in [2.45, 2.75) is 13.5 Å². The minimum atomic E-state index is 0.570. The fourth-order valence-corrected chi connectivity index (χ4v) is 2.79. The molecule has 0 saturated heterocycles. The highest BCUT2D eigenvalue weighted by Gasteiger charge is 2.10. The van der Waals surface area contributed by atoms with E-state index in [1.165, 1.54) is 22.1 Å². The van der Waals surface area contributed by atoms with E-state index < -0.39 is 0 Å². The van der Waals surface area contributed by atoms with Gasteiger partial charge < -0.3 is 10.6 Å². The Balaban J connectivity index is 2.13. The molecule has 0 aliphatic carbocycles. The lowest BCUT2D eigenvalue weighted by Crippen LogP contribution is -2.16. The van der Waals surface area contributed by atoms with Crippen LogP contribution in [0.4, 0.5) is 11.4 Å². The molecule has 0 atom stereocenters. The fourth-order valence-electron chi connectivity index (χ4n) is 2.79. The maximum atomic E-state index is 5.77. The van der Waals surface area contributed by atoms with Crippen molar-refractivity contribution >= 4 is 22.1 Å². The van der Waals surface area contributed by atoms with Gasteiger partial charge in [0.2, 0.25) is 0 Å². The second-order valence-corrected chi connectivity index (χ2v) is 5.12. The lowest BCUT2D eigenvalue weighted by atomic mass is 10.1. The summed E-state index contributed by atoms with van der Waals surface area (Å²) in [7, 11) is 0. The Bertz CT molecular complexity index is 744.